The van der Waals surface area contributed by atoms with E-state index < -0.39 is 0 Å². The van der Waals surface area contributed by atoms with Crippen LogP contribution in [0.4, 0.5) is 5.69 Å². The number of amides is 1. The molecule has 140 valence electrons. The van der Waals surface area contributed by atoms with Crippen molar-refractivity contribution in [1.82, 2.24) is 4.98 Å². The molecule has 0 radical (unpaired) electrons. The predicted octanol–water partition coefficient (Wildman–Crippen LogP) is 6.29. The number of fused-ring (bicyclic) bond motifs is 1. The van der Waals surface area contributed by atoms with Crippen molar-refractivity contribution >= 4 is 56.3 Å². The van der Waals surface area contributed by atoms with E-state index in [2.05, 4.69) is 10.3 Å². The molecule has 1 aromatic heterocycles. The Morgan fingerprint density at radius 2 is 1.79 bits per heavy atom. The molecule has 4 nitrogen and oxygen atoms in total. The van der Waals surface area contributed by atoms with Crippen LogP contribution in [0.3, 0.4) is 0 Å². The lowest BCUT2D eigenvalue weighted by molar-refractivity contribution is -0.118. The average Bonchev–Trinajstić information content (AvgIpc) is 3.13. The number of nitrogens with one attached hydrogen (secondary N) is 1. The van der Waals surface area contributed by atoms with Gasteiger partial charge in [-0.25, -0.2) is 4.98 Å². The van der Waals surface area contributed by atoms with Gasteiger partial charge in [0.2, 0.25) is 0 Å². The molecule has 1 heterocycles. The maximum absolute atomic E-state index is 12.3. The lowest BCUT2D eigenvalue weighted by Gasteiger charge is -2.10. The Balaban J connectivity index is 1.50. The second kappa shape index (κ2) is 8.19. The summed E-state index contributed by atoms with van der Waals surface area (Å²) in [5.41, 5.74) is 2.33. The zero-order valence-electron chi connectivity index (χ0n) is 14.5. The van der Waals surface area contributed by atoms with E-state index in [1.807, 2.05) is 36.4 Å². The lowest BCUT2D eigenvalue weighted by Crippen LogP contribution is -2.20. The van der Waals surface area contributed by atoms with Crippen LogP contribution >= 0.6 is 34.5 Å². The molecule has 0 spiro atoms. The summed E-state index contributed by atoms with van der Waals surface area (Å²) >= 11 is 13.9. The topological polar surface area (TPSA) is 51.2 Å². The quantitative estimate of drug-likeness (QED) is 0.406. The fourth-order valence-electron chi connectivity index (χ4n) is 2.64. The number of hydrogen-bond donors (Lipinski definition) is 1. The predicted molar refractivity (Wildman–Crippen MR) is 116 cm³/mol. The third-order valence-electron chi connectivity index (χ3n) is 3.98. The number of benzene rings is 3. The summed E-state index contributed by atoms with van der Waals surface area (Å²) < 4.78 is 6.57. The van der Waals surface area contributed by atoms with Crippen molar-refractivity contribution in [3.05, 3.63) is 76.8 Å². The van der Waals surface area contributed by atoms with Crippen LogP contribution in [0.25, 0.3) is 20.8 Å². The lowest BCUT2D eigenvalue weighted by atomic mass is 10.2. The van der Waals surface area contributed by atoms with Crippen LogP contribution < -0.4 is 10.1 Å². The van der Waals surface area contributed by atoms with Crippen molar-refractivity contribution in [2.24, 2.45) is 0 Å². The molecule has 0 aliphatic rings. The van der Waals surface area contributed by atoms with Gasteiger partial charge in [0.1, 0.15) is 10.8 Å². The van der Waals surface area contributed by atoms with Gasteiger partial charge in [-0.15, -0.1) is 11.3 Å². The average molecular weight is 429 g/mol. The van der Waals surface area contributed by atoms with Gasteiger partial charge in [-0.1, -0.05) is 53.5 Å². The highest BCUT2D eigenvalue weighted by Crippen LogP contribution is 2.33. The fraction of sp³-hybridized carbons (Fsp3) is 0.0476. The van der Waals surface area contributed by atoms with E-state index in [4.69, 9.17) is 27.9 Å². The number of thiazole rings is 1. The van der Waals surface area contributed by atoms with E-state index >= 15 is 0 Å². The van der Waals surface area contributed by atoms with E-state index in [0.717, 1.165) is 20.8 Å². The number of aromatic nitrogens is 1. The van der Waals surface area contributed by atoms with Crippen LogP contribution in [0.5, 0.6) is 5.75 Å². The van der Waals surface area contributed by atoms with Crippen molar-refractivity contribution in [2.45, 2.75) is 0 Å². The van der Waals surface area contributed by atoms with Crippen molar-refractivity contribution in [1.29, 1.82) is 0 Å². The highest BCUT2D eigenvalue weighted by molar-refractivity contribution is 7.21. The van der Waals surface area contributed by atoms with E-state index in [1.165, 1.54) is 0 Å². The van der Waals surface area contributed by atoms with Gasteiger partial charge in [-0.2, -0.15) is 0 Å². The van der Waals surface area contributed by atoms with Crippen molar-refractivity contribution in [2.75, 3.05) is 11.9 Å². The number of nitrogens with zero attached hydrogens (tertiary/aromatic N) is 1. The van der Waals surface area contributed by atoms with Crippen molar-refractivity contribution < 1.29 is 9.53 Å². The Kier molecular flexibility index (Phi) is 5.48. The van der Waals surface area contributed by atoms with Gasteiger partial charge in [0.05, 0.1) is 25.9 Å². The monoisotopic (exact) mass is 428 g/mol. The third kappa shape index (κ3) is 4.12. The molecular weight excluding hydrogens is 415 g/mol. The Hall–Kier alpha value is -2.60. The molecule has 28 heavy (non-hydrogen) atoms. The number of carbonyl (C=O) groups excluding carboxylic acids is 1. The van der Waals surface area contributed by atoms with Crippen LogP contribution in [0.1, 0.15) is 0 Å². The summed E-state index contributed by atoms with van der Waals surface area (Å²) in [6.07, 6.45) is 0. The van der Waals surface area contributed by atoms with Gasteiger partial charge in [-0.3, -0.25) is 4.79 Å². The van der Waals surface area contributed by atoms with Gasteiger partial charge in [0.15, 0.2) is 6.61 Å². The molecule has 0 fully saturated rings. The van der Waals surface area contributed by atoms with Crippen molar-refractivity contribution in [3.63, 3.8) is 0 Å². The zero-order valence-corrected chi connectivity index (χ0v) is 16.8. The fourth-order valence-corrected chi connectivity index (χ4v) is 3.96. The largest absolute Gasteiger partial charge is 0.482 e. The molecule has 0 aliphatic carbocycles. The number of carbonyl (C=O) groups is 1. The molecule has 4 aromatic rings. The van der Waals surface area contributed by atoms with Gasteiger partial charge in [0.25, 0.3) is 5.91 Å². The van der Waals surface area contributed by atoms with Crippen molar-refractivity contribution in [3.8, 4) is 16.3 Å². The number of anilines is 1. The molecule has 3 aromatic carbocycles. The number of rotatable bonds is 5. The third-order valence-corrected chi connectivity index (χ3v) is 5.70. The standard InChI is InChI=1S/C21H14Cl2N2O2S/c22-14-10-9-13(21-25-16-6-2-4-8-19(16)28-21)11-17(14)24-20(26)12-27-18-7-3-1-5-15(18)23/h1-11H,12H2,(H,24,26). The Labute approximate surface area is 175 Å². The van der Waals surface area contributed by atoms with Crippen LogP contribution in [0.2, 0.25) is 10.0 Å². The summed E-state index contributed by atoms with van der Waals surface area (Å²) in [6.45, 7) is -0.175. The molecule has 0 saturated carbocycles. The molecule has 0 saturated heterocycles. The molecule has 1 amide bonds. The van der Waals surface area contributed by atoms with Gasteiger partial charge in [0, 0.05) is 5.56 Å². The van der Waals surface area contributed by atoms with Gasteiger partial charge in [-0.05, 0) is 36.4 Å². The SMILES string of the molecule is O=C(COc1ccccc1Cl)Nc1cc(-c2nc3ccccc3s2)ccc1Cl. The number of para-hydroxylation sites is 2. The first-order valence-corrected chi connectivity index (χ1v) is 10.00. The minimum atomic E-state index is -0.330. The van der Waals surface area contributed by atoms with Crippen LogP contribution in [-0.4, -0.2) is 17.5 Å². The Morgan fingerprint density at radius 1 is 1.00 bits per heavy atom. The second-order valence-electron chi connectivity index (χ2n) is 5.95. The molecule has 1 N–H and O–H groups in total. The van der Waals surface area contributed by atoms with E-state index in [0.29, 0.717) is 21.5 Å². The Morgan fingerprint density at radius 3 is 2.61 bits per heavy atom. The Bertz CT molecular complexity index is 1130. The first kappa shape index (κ1) is 18.7. The highest BCUT2D eigenvalue weighted by atomic mass is 35.5. The molecule has 7 heteroatoms. The van der Waals surface area contributed by atoms with Gasteiger partial charge < -0.3 is 10.1 Å². The number of hydrogen-bond acceptors (Lipinski definition) is 4. The van der Waals surface area contributed by atoms with E-state index in [9.17, 15) is 4.79 Å². The van der Waals surface area contributed by atoms with E-state index in [-0.39, 0.29) is 12.5 Å². The maximum atomic E-state index is 12.3. The molecule has 0 unspecified atom stereocenters. The summed E-state index contributed by atoms with van der Waals surface area (Å²) in [6, 6.07) is 20.4. The highest BCUT2D eigenvalue weighted by Gasteiger charge is 2.12. The summed E-state index contributed by atoms with van der Waals surface area (Å²) in [5, 5.41) is 4.53. The molecule has 0 atom stereocenters. The minimum absolute atomic E-state index is 0.175. The molecular formula is C21H14Cl2N2O2S. The number of halogens is 2. The summed E-state index contributed by atoms with van der Waals surface area (Å²) in [7, 11) is 0. The maximum Gasteiger partial charge on any atom is 0.262 e. The van der Waals surface area contributed by atoms with Crippen LogP contribution in [-0.2, 0) is 4.79 Å². The van der Waals surface area contributed by atoms with E-state index in [1.54, 1.807) is 41.7 Å². The summed E-state index contributed by atoms with van der Waals surface area (Å²) in [5.74, 6) is 0.122. The first-order valence-electron chi connectivity index (χ1n) is 8.43. The van der Waals surface area contributed by atoms with Crippen LogP contribution in [0.15, 0.2) is 66.7 Å². The molecule has 4 rings (SSSR count). The van der Waals surface area contributed by atoms with Crippen LogP contribution in [0, 0.1) is 0 Å². The second-order valence-corrected chi connectivity index (χ2v) is 7.79. The zero-order chi connectivity index (χ0) is 19.5. The molecule has 0 aliphatic heterocycles. The first-order chi connectivity index (χ1) is 13.6. The minimum Gasteiger partial charge on any atom is -0.482 e. The normalized spacial score (nSPS) is 10.8. The van der Waals surface area contributed by atoms with Gasteiger partial charge >= 0.3 is 0 Å². The number of ether oxygens (including phenoxy) is 1. The smallest absolute Gasteiger partial charge is 0.262 e. The molecule has 0 bridgehead atoms. The summed E-state index contributed by atoms with van der Waals surface area (Å²) in [4.78, 5) is 16.9.